The van der Waals surface area contributed by atoms with Crippen molar-refractivity contribution in [2.75, 3.05) is 14.2 Å². The number of H-pyrrole nitrogens is 1. The van der Waals surface area contributed by atoms with Crippen LogP contribution in [0.25, 0.3) is 11.0 Å². The van der Waals surface area contributed by atoms with E-state index in [9.17, 15) is 4.21 Å². The first-order valence-electron chi connectivity index (χ1n) is 7.44. The molecule has 1 aromatic carbocycles. The van der Waals surface area contributed by atoms with Gasteiger partial charge in [-0.25, -0.2) is 4.98 Å². The molecule has 0 spiro atoms. The van der Waals surface area contributed by atoms with Crippen molar-refractivity contribution in [3.05, 3.63) is 41.2 Å². The van der Waals surface area contributed by atoms with Crippen molar-refractivity contribution < 1.29 is 22.0 Å². The Morgan fingerprint density at radius 1 is 1.23 bits per heavy atom. The van der Waals surface area contributed by atoms with Crippen LogP contribution in [0, 0.1) is 13.8 Å². The minimum Gasteiger partial charge on any atom is -1.00 e. The maximum Gasteiger partial charge on any atom is 2.00 e. The minimum absolute atomic E-state index is 0. The number of aromatic nitrogens is 3. The molecule has 9 heteroatoms. The third kappa shape index (κ3) is 4.34. The number of ether oxygens (including phenoxy) is 2. The van der Waals surface area contributed by atoms with Crippen molar-refractivity contribution in [1.82, 2.24) is 15.0 Å². The fourth-order valence-electron chi connectivity index (χ4n) is 2.61. The standard InChI is InChI=1S/C17H19N3O3S.Mg.H2O.2H/c1-10-8-18-15(11(2)16(10)23-4)9-24(21)17-19-13-6-5-12(22-3)7-14(13)20-17;;;;/h5-8H,9H2,1-4H3,(H,19,20);;1H2;;/q;+2;;2*-1. The van der Waals surface area contributed by atoms with Gasteiger partial charge in [0.15, 0.2) is 5.16 Å². The van der Waals surface area contributed by atoms with Gasteiger partial charge >= 0.3 is 23.1 Å². The Kier molecular flexibility index (Phi) is 8.01. The van der Waals surface area contributed by atoms with Crippen molar-refractivity contribution in [2.24, 2.45) is 0 Å². The molecular formula is C17H23MgN3O4S. The second kappa shape index (κ2) is 9.31. The monoisotopic (exact) mass is 389 g/mol. The minimum atomic E-state index is -1.33. The van der Waals surface area contributed by atoms with E-state index in [2.05, 4.69) is 15.0 Å². The molecule has 0 aliphatic carbocycles. The Morgan fingerprint density at radius 3 is 2.62 bits per heavy atom. The molecule has 0 bridgehead atoms. The van der Waals surface area contributed by atoms with E-state index in [4.69, 9.17) is 9.47 Å². The second-order valence-corrected chi connectivity index (χ2v) is 6.83. The zero-order valence-electron chi connectivity index (χ0n) is 17.3. The molecule has 7 nitrogen and oxygen atoms in total. The normalized spacial score (nSPS) is 11.4. The Morgan fingerprint density at radius 2 is 1.96 bits per heavy atom. The quantitative estimate of drug-likeness (QED) is 0.670. The van der Waals surface area contributed by atoms with E-state index < -0.39 is 10.8 Å². The molecule has 26 heavy (non-hydrogen) atoms. The molecule has 1 unspecified atom stereocenters. The molecule has 0 saturated carbocycles. The van der Waals surface area contributed by atoms with E-state index in [0.29, 0.717) is 5.16 Å². The molecule has 3 rings (SSSR count). The van der Waals surface area contributed by atoms with Crippen molar-refractivity contribution in [2.45, 2.75) is 24.8 Å². The molecule has 0 aliphatic rings. The number of aromatic amines is 1. The number of imidazole rings is 1. The molecule has 2 heterocycles. The van der Waals surface area contributed by atoms with Crippen molar-refractivity contribution >= 4 is 44.9 Å². The Balaban J connectivity index is 0. The molecule has 3 N–H and O–H groups in total. The average Bonchev–Trinajstić information content (AvgIpc) is 3.01. The smallest absolute Gasteiger partial charge is 1.00 e. The van der Waals surface area contributed by atoms with Gasteiger partial charge in [-0.2, -0.15) is 0 Å². The van der Waals surface area contributed by atoms with E-state index in [0.717, 1.165) is 39.4 Å². The molecular weight excluding hydrogens is 367 g/mol. The zero-order chi connectivity index (χ0) is 17.3. The Labute approximate surface area is 173 Å². The van der Waals surface area contributed by atoms with Gasteiger partial charge in [-0.3, -0.25) is 9.19 Å². The summed E-state index contributed by atoms with van der Waals surface area (Å²) in [6.07, 6.45) is 1.74. The van der Waals surface area contributed by atoms with Gasteiger partial charge in [0, 0.05) is 23.4 Å². The van der Waals surface area contributed by atoms with Crippen LogP contribution in [0.15, 0.2) is 29.6 Å². The fourth-order valence-corrected chi connectivity index (χ4v) is 3.71. The van der Waals surface area contributed by atoms with Gasteiger partial charge in [0.2, 0.25) is 0 Å². The van der Waals surface area contributed by atoms with Gasteiger partial charge in [-0.15, -0.1) is 0 Å². The van der Waals surface area contributed by atoms with E-state index in [-0.39, 0.29) is 37.1 Å². The summed E-state index contributed by atoms with van der Waals surface area (Å²) in [6.45, 7) is 3.86. The van der Waals surface area contributed by atoms with Crippen LogP contribution < -0.4 is 9.47 Å². The molecule has 1 atom stereocenters. The number of aryl methyl sites for hydroxylation is 1. The number of benzene rings is 1. The van der Waals surface area contributed by atoms with Crippen molar-refractivity contribution in [1.29, 1.82) is 0 Å². The van der Waals surface area contributed by atoms with Crippen LogP contribution >= 0.6 is 0 Å². The predicted octanol–water partition coefficient (Wildman–Crippen LogP) is 1.92. The van der Waals surface area contributed by atoms with E-state index >= 15 is 0 Å². The van der Waals surface area contributed by atoms with Gasteiger partial charge in [-0.1, -0.05) is 0 Å². The molecule has 0 radical (unpaired) electrons. The summed E-state index contributed by atoms with van der Waals surface area (Å²) in [5.41, 5.74) is 4.16. The number of rotatable bonds is 5. The van der Waals surface area contributed by atoms with Gasteiger partial charge in [0.1, 0.15) is 11.5 Å². The Bertz CT molecular complexity index is 940. The van der Waals surface area contributed by atoms with E-state index in [1.807, 2.05) is 32.0 Å². The van der Waals surface area contributed by atoms with Gasteiger partial charge in [0.05, 0.1) is 47.5 Å². The van der Waals surface area contributed by atoms with Crippen LogP contribution in [0.2, 0.25) is 0 Å². The fraction of sp³-hybridized carbons (Fsp3) is 0.294. The van der Waals surface area contributed by atoms with Crippen LogP contribution in [-0.4, -0.2) is 61.9 Å². The van der Waals surface area contributed by atoms with Crippen molar-refractivity contribution in [3.63, 3.8) is 0 Å². The SMILES string of the molecule is COc1ccc2nc(S(=O)Cc3ncc(C)c(OC)c3C)[nH]c2c1.O.[H-].[H-].[Mg+2]. The summed E-state index contributed by atoms with van der Waals surface area (Å²) in [5.74, 6) is 1.79. The summed E-state index contributed by atoms with van der Waals surface area (Å²) in [6, 6.07) is 5.50. The number of nitrogens with one attached hydrogen (secondary N) is 1. The largest absolute Gasteiger partial charge is 2.00 e. The summed E-state index contributed by atoms with van der Waals surface area (Å²) in [4.78, 5) is 11.9. The molecule has 0 saturated heterocycles. The number of nitrogens with zero attached hydrogens (tertiary/aromatic N) is 2. The van der Waals surface area contributed by atoms with Crippen LogP contribution in [-0.2, 0) is 16.6 Å². The van der Waals surface area contributed by atoms with E-state index in [1.54, 1.807) is 20.4 Å². The molecule has 0 aliphatic heterocycles. The van der Waals surface area contributed by atoms with Crippen LogP contribution in [0.4, 0.5) is 0 Å². The van der Waals surface area contributed by atoms with E-state index in [1.165, 1.54) is 0 Å². The molecule has 138 valence electrons. The van der Waals surface area contributed by atoms with Crippen molar-refractivity contribution in [3.8, 4) is 11.5 Å². The number of hydrogen-bond acceptors (Lipinski definition) is 5. The van der Waals surface area contributed by atoms with Gasteiger partial charge < -0.3 is 22.8 Å². The number of fused-ring (bicyclic) bond motifs is 1. The molecule has 0 fully saturated rings. The zero-order valence-corrected chi connectivity index (χ0v) is 17.5. The maximum atomic E-state index is 12.7. The summed E-state index contributed by atoms with van der Waals surface area (Å²) < 4.78 is 23.3. The first-order valence-corrected chi connectivity index (χ1v) is 8.76. The second-order valence-electron chi connectivity index (χ2n) is 5.46. The number of pyridine rings is 1. The molecule has 2 aromatic heterocycles. The van der Waals surface area contributed by atoms with Crippen LogP contribution in [0.3, 0.4) is 0 Å². The first-order chi connectivity index (χ1) is 11.5. The maximum absolute atomic E-state index is 12.7. The summed E-state index contributed by atoms with van der Waals surface area (Å²) in [5, 5.41) is 0.430. The van der Waals surface area contributed by atoms with Gasteiger partial charge in [0.25, 0.3) is 0 Å². The summed E-state index contributed by atoms with van der Waals surface area (Å²) in [7, 11) is 1.91. The number of hydrogen-bond donors (Lipinski definition) is 1. The topological polar surface area (TPSA) is 109 Å². The third-order valence-corrected chi connectivity index (χ3v) is 5.06. The van der Waals surface area contributed by atoms with Crippen LogP contribution in [0.5, 0.6) is 11.5 Å². The summed E-state index contributed by atoms with van der Waals surface area (Å²) >= 11 is 0. The van der Waals surface area contributed by atoms with Crippen LogP contribution in [0.1, 0.15) is 19.7 Å². The Hall–Kier alpha value is -1.68. The molecule has 0 amide bonds. The molecule has 3 aromatic rings. The first kappa shape index (κ1) is 22.4. The predicted molar refractivity (Wildman–Crippen MR) is 105 cm³/mol. The van der Waals surface area contributed by atoms with Gasteiger partial charge in [-0.05, 0) is 26.0 Å². The number of methoxy groups -OCH3 is 2. The average molecular weight is 390 g/mol. The third-order valence-electron chi connectivity index (χ3n) is 3.90.